The summed E-state index contributed by atoms with van der Waals surface area (Å²) in [4.78, 5) is 18.3. The van der Waals surface area contributed by atoms with Gasteiger partial charge in [-0.2, -0.15) is 13.2 Å². The summed E-state index contributed by atoms with van der Waals surface area (Å²) in [6.07, 6.45) is -3.10. The number of nitrogens with zero attached hydrogens (tertiary/aromatic N) is 4. The molecule has 8 nitrogen and oxygen atoms in total. The van der Waals surface area contributed by atoms with Gasteiger partial charge in [0, 0.05) is 25.2 Å². The molecule has 2 heterocycles. The molecule has 3 rings (SSSR count). The van der Waals surface area contributed by atoms with E-state index in [9.17, 15) is 23.1 Å². The van der Waals surface area contributed by atoms with Crippen molar-refractivity contribution in [3.8, 4) is 17.0 Å². The molecule has 1 saturated heterocycles. The second-order valence-electron chi connectivity index (χ2n) is 9.11. The average molecular weight is 467 g/mol. The smallest absolute Gasteiger partial charge is 0.416 e. The molecule has 0 spiro atoms. The summed E-state index contributed by atoms with van der Waals surface area (Å²) in [5, 5.41) is 21.2. The van der Waals surface area contributed by atoms with Crippen molar-refractivity contribution in [2.75, 3.05) is 25.0 Å². The van der Waals surface area contributed by atoms with Gasteiger partial charge in [0.25, 0.3) is 0 Å². The minimum atomic E-state index is -4.55. The highest BCUT2D eigenvalue weighted by Crippen LogP contribution is 2.36. The van der Waals surface area contributed by atoms with Crippen LogP contribution in [0.5, 0.6) is 5.75 Å². The quantitative estimate of drug-likeness (QED) is 0.676. The molecule has 1 aromatic carbocycles. The Bertz CT molecular complexity index is 1010. The van der Waals surface area contributed by atoms with Crippen LogP contribution in [0.3, 0.4) is 0 Å². The number of hydrogen-bond donors (Lipinski definition) is 2. The highest BCUT2D eigenvalue weighted by atomic mass is 19.4. The number of aromatic hydroxyl groups is 1. The van der Waals surface area contributed by atoms with Gasteiger partial charge in [0.15, 0.2) is 0 Å². The lowest BCUT2D eigenvalue weighted by Crippen LogP contribution is -2.44. The molecule has 1 amide bonds. The first-order chi connectivity index (χ1) is 15.3. The number of benzene rings is 1. The van der Waals surface area contributed by atoms with Crippen LogP contribution in [0.25, 0.3) is 11.3 Å². The van der Waals surface area contributed by atoms with Crippen molar-refractivity contribution < 1.29 is 27.8 Å². The first kappa shape index (κ1) is 24.5. The maximum atomic E-state index is 12.8. The number of carbonyl (C=O) groups is 1. The fraction of sp³-hybridized carbons (Fsp3) is 0.545. The predicted molar refractivity (Wildman–Crippen MR) is 116 cm³/mol. The number of halogens is 3. The molecule has 1 atom stereocenters. The molecule has 0 radical (unpaired) electrons. The van der Waals surface area contributed by atoms with Gasteiger partial charge in [-0.05, 0) is 64.7 Å². The fourth-order valence-corrected chi connectivity index (χ4v) is 3.60. The Kier molecular flexibility index (Phi) is 6.99. The molecule has 1 aromatic heterocycles. The van der Waals surface area contributed by atoms with Gasteiger partial charge >= 0.3 is 12.3 Å². The lowest BCUT2D eigenvalue weighted by molar-refractivity contribution is -0.137. The number of likely N-dealkylation sites (tertiary alicyclic amines) is 1. The molecule has 2 N–H and O–H groups in total. The molecule has 0 aliphatic carbocycles. The minimum absolute atomic E-state index is 0.118. The van der Waals surface area contributed by atoms with E-state index in [0.717, 1.165) is 25.0 Å². The molecule has 1 fully saturated rings. The van der Waals surface area contributed by atoms with E-state index in [1.165, 1.54) is 0 Å². The molecular formula is C22H28F3N5O3. The second kappa shape index (κ2) is 9.40. The van der Waals surface area contributed by atoms with Gasteiger partial charge < -0.3 is 20.1 Å². The van der Waals surface area contributed by atoms with Crippen LogP contribution in [-0.4, -0.2) is 56.5 Å². The number of ether oxygens (including phenoxy) is 1. The molecule has 1 aliphatic heterocycles. The Hall–Kier alpha value is -3.11. The van der Waals surface area contributed by atoms with Crippen LogP contribution in [-0.2, 0) is 10.9 Å². The number of nitrogens with one attached hydrogen (secondary N) is 1. The third kappa shape index (κ3) is 6.45. The third-order valence-corrected chi connectivity index (χ3v) is 5.16. The fourth-order valence-electron chi connectivity index (χ4n) is 3.60. The van der Waals surface area contributed by atoms with Crippen LogP contribution in [0.4, 0.5) is 23.9 Å². The topological polar surface area (TPSA) is 100 Å². The summed E-state index contributed by atoms with van der Waals surface area (Å²) in [7, 11) is 0. The van der Waals surface area contributed by atoms with Crippen LogP contribution in [0.1, 0.15) is 44.9 Å². The van der Waals surface area contributed by atoms with Crippen molar-refractivity contribution in [1.82, 2.24) is 20.1 Å². The molecule has 0 saturated carbocycles. The summed E-state index contributed by atoms with van der Waals surface area (Å²) in [5.41, 5.74) is -0.786. The van der Waals surface area contributed by atoms with Crippen molar-refractivity contribution in [3.05, 3.63) is 29.5 Å². The number of phenols is 1. The number of amides is 1. The first-order valence-electron chi connectivity index (χ1n) is 10.7. The van der Waals surface area contributed by atoms with E-state index < -0.39 is 23.1 Å². The zero-order chi connectivity index (χ0) is 24.4. The number of carbonyl (C=O) groups excluding carboxylic acids is 1. The summed E-state index contributed by atoms with van der Waals surface area (Å²) in [6, 6.07) is 2.68. The predicted octanol–water partition coefficient (Wildman–Crippen LogP) is 4.63. The highest BCUT2D eigenvalue weighted by molar-refractivity contribution is 5.69. The Morgan fingerprint density at radius 1 is 1.27 bits per heavy atom. The van der Waals surface area contributed by atoms with E-state index >= 15 is 0 Å². The number of anilines is 1. The largest absolute Gasteiger partial charge is 0.507 e. The van der Waals surface area contributed by atoms with Crippen molar-refractivity contribution >= 4 is 12.0 Å². The van der Waals surface area contributed by atoms with Gasteiger partial charge in [-0.25, -0.2) is 9.78 Å². The van der Waals surface area contributed by atoms with Crippen molar-refractivity contribution in [1.29, 1.82) is 0 Å². The van der Waals surface area contributed by atoms with E-state index in [2.05, 4.69) is 20.5 Å². The van der Waals surface area contributed by atoms with Gasteiger partial charge in [-0.15, -0.1) is 10.2 Å². The monoisotopic (exact) mass is 467 g/mol. The molecule has 180 valence electrons. The molecule has 0 unspecified atom stereocenters. The van der Waals surface area contributed by atoms with Gasteiger partial charge in [0.05, 0.1) is 11.3 Å². The van der Waals surface area contributed by atoms with Crippen molar-refractivity contribution in [2.24, 2.45) is 5.92 Å². The summed E-state index contributed by atoms with van der Waals surface area (Å²) < 4.78 is 43.9. The number of rotatable bonds is 4. The maximum absolute atomic E-state index is 12.8. The lowest BCUT2D eigenvalue weighted by Gasteiger charge is -2.34. The number of hydrogen-bond acceptors (Lipinski definition) is 7. The van der Waals surface area contributed by atoms with Crippen LogP contribution in [0.15, 0.2) is 18.2 Å². The Balaban J connectivity index is 1.63. The number of aromatic nitrogens is 3. The van der Waals surface area contributed by atoms with Crippen molar-refractivity contribution in [2.45, 2.75) is 52.3 Å². The third-order valence-electron chi connectivity index (χ3n) is 5.16. The number of aryl methyl sites for hydroxylation is 1. The van der Waals surface area contributed by atoms with E-state index in [1.807, 2.05) is 20.8 Å². The normalized spacial score (nSPS) is 17.1. The van der Waals surface area contributed by atoms with E-state index in [4.69, 9.17) is 4.74 Å². The first-order valence-corrected chi connectivity index (χ1v) is 10.7. The molecule has 0 bridgehead atoms. The maximum Gasteiger partial charge on any atom is 0.416 e. The van der Waals surface area contributed by atoms with Gasteiger partial charge in [0.2, 0.25) is 5.95 Å². The zero-order valence-corrected chi connectivity index (χ0v) is 19.0. The molecule has 2 aromatic rings. The molecule has 33 heavy (non-hydrogen) atoms. The van der Waals surface area contributed by atoms with Crippen LogP contribution in [0, 0.1) is 12.8 Å². The van der Waals surface area contributed by atoms with E-state index in [0.29, 0.717) is 31.4 Å². The van der Waals surface area contributed by atoms with Gasteiger partial charge in [0.1, 0.15) is 17.0 Å². The van der Waals surface area contributed by atoms with E-state index in [-0.39, 0.29) is 29.2 Å². The molecule has 11 heteroatoms. The van der Waals surface area contributed by atoms with E-state index in [1.54, 1.807) is 11.8 Å². The summed E-state index contributed by atoms with van der Waals surface area (Å²) >= 11 is 0. The Morgan fingerprint density at radius 2 is 2.00 bits per heavy atom. The summed E-state index contributed by atoms with van der Waals surface area (Å²) in [6.45, 7) is 8.83. The van der Waals surface area contributed by atoms with Gasteiger partial charge in [-0.1, -0.05) is 0 Å². The SMILES string of the molecule is Cc1nc(NC[C@@H]2CCCN(C(=O)OC(C)(C)C)C2)nnc1-c1ccc(C(F)(F)F)cc1O. The Morgan fingerprint density at radius 3 is 2.61 bits per heavy atom. The summed E-state index contributed by atoms with van der Waals surface area (Å²) in [5.74, 6) is -0.111. The second-order valence-corrected chi connectivity index (χ2v) is 9.11. The van der Waals surface area contributed by atoms with Gasteiger partial charge in [-0.3, -0.25) is 0 Å². The number of alkyl halides is 3. The standard InChI is InChI=1S/C22H28F3N5O3/c1-13-18(16-8-7-15(10-17(16)31)22(23,24)25)28-29-19(27-13)26-11-14-6-5-9-30(12-14)20(32)33-21(2,3)4/h7-8,10,14,31H,5-6,9,11-12H2,1-4H3,(H,26,27,29)/t14-/m0/s1. The van der Waals surface area contributed by atoms with Crippen LogP contribution >= 0.6 is 0 Å². The number of piperidine rings is 1. The molecular weight excluding hydrogens is 439 g/mol. The average Bonchev–Trinajstić information content (AvgIpc) is 2.71. The number of phenolic OH excluding ortho intramolecular Hbond substituents is 1. The van der Waals surface area contributed by atoms with Crippen LogP contribution in [0.2, 0.25) is 0 Å². The minimum Gasteiger partial charge on any atom is -0.507 e. The highest BCUT2D eigenvalue weighted by Gasteiger charge is 2.31. The Labute approximate surface area is 190 Å². The molecule has 1 aliphatic rings. The lowest BCUT2D eigenvalue weighted by atomic mass is 9.98. The van der Waals surface area contributed by atoms with Crippen molar-refractivity contribution in [3.63, 3.8) is 0 Å². The van der Waals surface area contributed by atoms with Crippen LogP contribution < -0.4 is 5.32 Å². The zero-order valence-electron chi connectivity index (χ0n) is 19.0.